The van der Waals surface area contributed by atoms with Crippen LogP contribution in [0.3, 0.4) is 0 Å². The molecule has 1 aliphatic carbocycles. The molecule has 1 aliphatic rings. The Morgan fingerprint density at radius 1 is 0.333 bits per heavy atom. The van der Waals surface area contributed by atoms with Crippen LogP contribution < -0.4 is 21.2 Å². The van der Waals surface area contributed by atoms with Crippen LogP contribution in [0, 0.1) is 0 Å². The first-order chi connectivity index (χ1) is 24.9. The molecule has 0 aromatic heterocycles. The first-order valence-corrected chi connectivity index (χ1v) is 19.6. The molecule has 296 valence electrons. The van der Waals surface area contributed by atoms with Gasteiger partial charge in [-0.05, 0) is 87.9 Å². The van der Waals surface area contributed by atoms with Crippen molar-refractivity contribution < 1.29 is 71.3 Å². The van der Waals surface area contributed by atoms with Gasteiger partial charge in [0.15, 0.2) is 0 Å². The molecule has 0 radical (unpaired) electrons. The summed E-state index contributed by atoms with van der Waals surface area (Å²) >= 11 is 0. The third kappa shape index (κ3) is 31.5. The van der Waals surface area contributed by atoms with Gasteiger partial charge in [0.25, 0.3) is 0 Å². The van der Waals surface area contributed by atoms with Crippen LogP contribution in [0.5, 0.6) is 0 Å². The Morgan fingerprint density at radius 2 is 0.500 bits per heavy atom. The molecular formula is C36H40B3F12P2Rh. The molecule has 0 aliphatic heterocycles. The van der Waals surface area contributed by atoms with Crippen molar-refractivity contribution in [1.82, 2.24) is 0 Å². The van der Waals surface area contributed by atoms with Crippen LogP contribution in [0.4, 0.5) is 51.8 Å². The molecule has 54 heavy (non-hydrogen) atoms. The molecule has 4 aromatic carbocycles. The minimum atomic E-state index is -6.00. The van der Waals surface area contributed by atoms with Crippen LogP contribution in [-0.2, 0) is 19.5 Å². The van der Waals surface area contributed by atoms with Crippen LogP contribution in [0.15, 0.2) is 146 Å². The van der Waals surface area contributed by atoms with E-state index in [4.69, 9.17) is 0 Å². The van der Waals surface area contributed by atoms with Gasteiger partial charge in [-0.3, -0.25) is 0 Å². The number of allylic oxidation sites excluding steroid dienone is 4. The smallest absolute Gasteiger partial charge is 0.418 e. The fourth-order valence-electron chi connectivity index (χ4n) is 4.64. The van der Waals surface area contributed by atoms with E-state index in [0.717, 1.165) is 0 Å². The molecule has 0 nitrogen and oxygen atoms in total. The summed E-state index contributed by atoms with van der Waals surface area (Å²) in [5.74, 6) is 0. The number of benzene rings is 4. The summed E-state index contributed by atoms with van der Waals surface area (Å²) in [6.07, 6.45) is 19.1. The Hall–Kier alpha value is -2.80. The molecule has 0 N–H and O–H groups in total. The normalized spacial score (nSPS) is 13.1. The quantitative estimate of drug-likeness (QED) is 0.0516. The average Bonchev–Trinajstić information content (AvgIpc) is 3.06. The second-order valence-corrected chi connectivity index (χ2v) is 15.6. The minimum absolute atomic E-state index is 0. The zero-order chi connectivity index (χ0) is 39.6. The number of rotatable bonds is 9. The molecule has 5 rings (SSSR count). The number of hydrogen-bond donors (Lipinski definition) is 0. The summed E-state index contributed by atoms with van der Waals surface area (Å²) < 4.78 is 117. The van der Waals surface area contributed by atoms with Crippen LogP contribution in [-0.4, -0.2) is 34.1 Å². The third-order valence-corrected chi connectivity index (χ3v) is 11.8. The second-order valence-electron chi connectivity index (χ2n) is 10.9. The van der Waals surface area contributed by atoms with Gasteiger partial charge in [-0.2, -0.15) is 0 Å². The molecule has 18 heteroatoms. The Morgan fingerprint density at radius 3 is 0.667 bits per heavy atom. The molecule has 0 saturated carbocycles. The van der Waals surface area contributed by atoms with E-state index in [1.807, 2.05) is 0 Å². The van der Waals surface area contributed by atoms with Gasteiger partial charge >= 0.3 is 41.2 Å². The predicted molar refractivity (Wildman–Crippen MR) is 204 cm³/mol. The van der Waals surface area contributed by atoms with Crippen LogP contribution >= 0.6 is 15.8 Å². The Bertz CT molecular complexity index is 1300. The fourth-order valence-corrected chi connectivity index (χ4v) is 9.48. The van der Waals surface area contributed by atoms with Crippen molar-refractivity contribution >= 4 is 58.8 Å². The Labute approximate surface area is 325 Å². The van der Waals surface area contributed by atoms with Crippen LogP contribution in [0.25, 0.3) is 0 Å². The van der Waals surface area contributed by atoms with E-state index in [1.165, 1.54) is 72.1 Å². The number of unbranched alkanes of at least 4 members (excludes halogenated alkanes) is 1. The SMILES string of the molecule is C1=CCC/C=C\CC1.F[B-](F)(F)F.F[B-](F)(F)F.F[B-](F)(F)F.[Rh+3].c1ccc(P(CCCCP(c2ccccc2)c2ccccc2)c2ccccc2)cc1. The van der Waals surface area contributed by atoms with Crippen molar-refractivity contribution in [1.29, 1.82) is 0 Å². The molecule has 0 amide bonds. The van der Waals surface area contributed by atoms with Crippen molar-refractivity contribution in [3.63, 3.8) is 0 Å². The van der Waals surface area contributed by atoms with Gasteiger partial charge in [-0.25, -0.2) is 0 Å². The summed E-state index contributed by atoms with van der Waals surface area (Å²) in [7, 11) is -18.6. The largest absolute Gasteiger partial charge is 3.00 e. The predicted octanol–water partition coefficient (Wildman–Crippen LogP) is 12.6. The maximum absolute atomic E-state index is 9.75. The van der Waals surface area contributed by atoms with Crippen molar-refractivity contribution in [2.45, 2.75) is 38.5 Å². The summed E-state index contributed by atoms with van der Waals surface area (Å²) in [6, 6.07) is 44.3. The molecule has 0 spiro atoms. The monoisotopic (exact) mass is 898 g/mol. The van der Waals surface area contributed by atoms with Crippen LogP contribution in [0.2, 0.25) is 0 Å². The van der Waals surface area contributed by atoms with E-state index >= 15 is 0 Å². The molecule has 0 atom stereocenters. The first kappa shape index (κ1) is 51.2. The zero-order valence-corrected chi connectivity index (χ0v) is 32.4. The summed E-state index contributed by atoms with van der Waals surface area (Å²) in [4.78, 5) is 0. The van der Waals surface area contributed by atoms with Crippen molar-refractivity contribution in [3.8, 4) is 0 Å². The van der Waals surface area contributed by atoms with E-state index in [9.17, 15) is 51.8 Å². The zero-order valence-electron chi connectivity index (χ0n) is 29.0. The molecular weight excluding hydrogens is 858 g/mol. The minimum Gasteiger partial charge on any atom is -0.418 e. The molecule has 0 bridgehead atoms. The molecule has 0 fully saturated rings. The van der Waals surface area contributed by atoms with E-state index in [-0.39, 0.29) is 35.3 Å². The maximum atomic E-state index is 9.75. The van der Waals surface area contributed by atoms with Gasteiger partial charge in [0.1, 0.15) is 0 Å². The van der Waals surface area contributed by atoms with Crippen molar-refractivity contribution in [2.24, 2.45) is 0 Å². The summed E-state index contributed by atoms with van der Waals surface area (Å²) in [5, 5.41) is 5.97. The van der Waals surface area contributed by atoms with Crippen LogP contribution in [0.1, 0.15) is 38.5 Å². The molecule has 4 aromatic rings. The summed E-state index contributed by atoms with van der Waals surface area (Å²) in [6.45, 7) is 0. The summed E-state index contributed by atoms with van der Waals surface area (Å²) in [5.41, 5.74) is 0. The van der Waals surface area contributed by atoms with E-state index in [2.05, 4.69) is 146 Å². The maximum Gasteiger partial charge on any atom is 3.00 e. The van der Waals surface area contributed by atoms with Gasteiger partial charge in [0, 0.05) is 0 Å². The molecule has 0 saturated heterocycles. The second kappa shape index (κ2) is 28.6. The van der Waals surface area contributed by atoms with E-state index < -0.39 is 21.8 Å². The average molecular weight is 898 g/mol. The fraction of sp³-hybridized carbons (Fsp3) is 0.222. The van der Waals surface area contributed by atoms with Gasteiger partial charge in [-0.15, -0.1) is 0 Å². The topological polar surface area (TPSA) is 0 Å². The molecule has 0 heterocycles. The molecule has 0 unspecified atom stereocenters. The van der Waals surface area contributed by atoms with Crippen molar-refractivity contribution in [2.75, 3.05) is 12.3 Å². The standard InChI is InChI=1S/C28H28P2.C8H12.3BF4.Rh/c1-5-15-25(16-6-1)29(26-17-7-2-8-18-26)23-13-14-24-30(27-19-9-3-10-20-27)28-21-11-4-12-22-28;1-2-4-6-8-7-5-3-1;3*2-1(3,4)5;/h1-12,15-22H,13-14,23-24H2;1-2,7-8H,3-6H2;;;;/q;;3*-1;+3/b;2-1-,8-7?;;;;. The van der Waals surface area contributed by atoms with Gasteiger partial charge in [-0.1, -0.05) is 146 Å². The number of hydrogen-bond acceptors (Lipinski definition) is 0. The van der Waals surface area contributed by atoms with Crippen molar-refractivity contribution in [3.05, 3.63) is 146 Å². The Balaban J connectivity index is 0.000000951. The van der Waals surface area contributed by atoms with Gasteiger partial charge in [0.05, 0.1) is 0 Å². The van der Waals surface area contributed by atoms with E-state index in [0.29, 0.717) is 0 Å². The van der Waals surface area contributed by atoms with Gasteiger partial charge < -0.3 is 51.8 Å². The first-order valence-electron chi connectivity index (χ1n) is 16.6. The Kier molecular flexibility index (Phi) is 27.1. The van der Waals surface area contributed by atoms with E-state index in [1.54, 1.807) is 0 Å². The number of halogens is 12. The third-order valence-electron chi connectivity index (χ3n) is 6.62. The van der Waals surface area contributed by atoms with Gasteiger partial charge in [0.2, 0.25) is 0 Å².